The van der Waals surface area contributed by atoms with Crippen LogP contribution in [0.3, 0.4) is 0 Å². The summed E-state index contributed by atoms with van der Waals surface area (Å²) < 4.78 is 46.7. The van der Waals surface area contributed by atoms with Crippen molar-refractivity contribution in [1.29, 1.82) is 0 Å². The number of hydrogen-bond donors (Lipinski definition) is 1. The highest BCUT2D eigenvalue weighted by molar-refractivity contribution is 6.01. The van der Waals surface area contributed by atoms with Crippen LogP contribution in [0.1, 0.15) is 40.0 Å². The molecule has 0 radical (unpaired) electrons. The number of rotatable bonds is 7. The fourth-order valence-corrected chi connectivity index (χ4v) is 3.26. The summed E-state index contributed by atoms with van der Waals surface area (Å²) in [6, 6.07) is 2.79. The van der Waals surface area contributed by atoms with E-state index in [0.717, 1.165) is 0 Å². The molecule has 1 N–H and O–H groups in total. The first kappa shape index (κ1) is 22.5. The number of fused-ring (bicyclic) bond motifs is 1. The number of anilines is 1. The first-order valence-corrected chi connectivity index (χ1v) is 9.34. The highest BCUT2D eigenvalue weighted by Gasteiger charge is 2.34. The zero-order valence-corrected chi connectivity index (χ0v) is 17.1. The van der Waals surface area contributed by atoms with E-state index in [-0.39, 0.29) is 30.8 Å². The van der Waals surface area contributed by atoms with Gasteiger partial charge < -0.3 is 19.7 Å². The van der Waals surface area contributed by atoms with Crippen molar-refractivity contribution in [3.63, 3.8) is 0 Å². The van der Waals surface area contributed by atoms with E-state index < -0.39 is 24.7 Å². The normalized spacial score (nSPS) is 14.4. The van der Waals surface area contributed by atoms with Crippen LogP contribution in [0.5, 0.6) is 5.88 Å². The summed E-state index contributed by atoms with van der Waals surface area (Å²) in [7, 11) is 1.39. The molecule has 2 aromatic heterocycles. The maximum Gasteiger partial charge on any atom is 0.422 e. The van der Waals surface area contributed by atoms with E-state index in [9.17, 15) is 22.8 Å². The van der Waals surface area contributed by atoms with Gasteiger partial charge in [0.05, 0.1) is 12.6 Å². The monoisotopic (exact) mass is 438 g/mol. The van der Waals surface area contributed by atoms with Crippen molar-refractivity contribution in [2.45, 2.75) is 32.6 Å². The summed E-state index contributed by atoms with van der Waals surface area (Å²) in [4.78, 5) is 34.5. The third-order valence-corrected chi connectivity index (χ3v) is 4.78. The van der Waals surface area contributed by atoms with E-state index in [1.807, 2.05) is 0 Å². The number of methoxy groups -OCH3 is 1. The Balaban J connectivity index is 1.78. The molecule has 166 valence electrons. The number of nitrogens with one attached hydrogen (secondary N) is 1. The van der Waals surface area contributed by atoms with Crippen LogP contribution in [-0.2, 0) is 16.1 Å². The molecule has 11 heteroatoms. The summed E-state index contributed by atoms with van der Waals surface area (Å²) in [6.45, 7) is 2.00. The van der Waals surface area contributed by atoms with Crippen molar-refractivity contribution in [2.75, 3.05) is 25.6 Å². The Morgan fingerprint density at radius 1 is 1.35 bits per heavy atom. The Kier molecular flexibility index (Phi) is 6.44. The maximum absolute atomic E-state index is 12.9. The Hall–Kier alpha value is -3.21. The van der Waals surface area contributed by atoms with Gasteiger partial charge in [0.25, 0.3) is 11.8 Å². The first-order valence-electron chi connectivity index (χ1n) is 9.34. The molecule has 0 saturated carbocycles. The minimum atomic E-state index is -4.46. The Labute approximate surface area is 176 Å². The predicted octanol–water partition coefficient (Wildman–Crippen LogP) is 3.03. The predicted molar refractivity (Wildman–Crippen MR) is 104 cm³/mol. The van der Waals surface area contributed by atoms with E-state index in [4.69, 9.17) is 9.47 Å². The molecule has 0 fully saturated rings. The lowest BCUT2D eigenvalue weighted by molar-refractivity contribution is -0.154. The molecule has 3 heterocycles. The van der Waals surface area contributed by atoms with Crippen LogP contribution >= 0.6 is 0 Å². The molecule has 0 aliphatic carbocycles. The maximum atomic E-state index is 12.9. The van der Waals surface area contributed by atoms with Gasteiger partial charge in [-0.15, -0.1) is 0 Å². The van der Waals surface area contributed by atoms with Crippen molar-refractivity contribution < 1.29 is 32.2 Å². The zero-order valence-electron chi connectivity index (χ0n) is 17.1. The number of amides is 2. The van der Waals surface area contributed by atoms with Gasteiger partial charge in [-0.25, -0.2) is 9.97 Å². The van der Waals surface area contributed by atoms with Crippen molar-refractivity contribution >= 4 is 17.6 Å². The second-order valence-electron chi connectivity index (χ2n) is 7.07. The Bertz CT molecular complexity index is 997. The van der Waals surface area contributed by atoms with E-state index in [1.165, 1.54) is 19.5 Å². The average Bonchev–Trinajstić information content (AvgIpc) is 3.04. The first-order chi connectivity index (χ1) is 14.6. The lowest BCUT2D eigenvalue weighted by Crippen LogP contribution is -2.27. The SMILES string of the molecule is COCC(=O)Nc1nccc2c1CN(C(C)c1cnc(OCC(F)(F)F)c(C)c1)C2=O. The van der Waals surface area contributed by atoms with Crippen LogP contribution in [0.4, 0.5) is 19.0 Å². The highest BCUT2D eigenvalue weighted by Crippen LogP contribution is 2.34. The standard InChI is InChI=1S/C20H21F3N4O4/c1-11-6-13(7-25-18(11)31-10-20(21,22)23)12(2)27-8-15-14(19(27)29)4-5-24-17(15)26-16(28)9-30-3/h4-7,12H,8-10H2,1-3H3,(H,24,26,28). The summed E-state index contributed by atoms with van der Waals surface area (Å²) in [5.41, 5.74) is 2.06. The lowest BCUT2D eigenvalue weighted by atomic mass is 10.1. The van der Waals surface area contributed by atoms with E-state index in [1.54, 1.807) is 30.9 Å². The van der Waals surface area contributed by atoms with Gasteiger partial charge >= 0.3 is 6.18 Å². The minimum Gasteiger partial charge on any atom is -0.468 e. The molecule has 3 rings (SSSR count). The van der Waals surface area contributed by atoms with E-state index in [2.05, 4.69) is 15.3 Å². The van der Waals surface area contributed by atoms with E-state index >= 15 is 0 Å². The number of nitrogens with zero attached hydrogens (tertiary/aromatic N) is 3. The Morgan fingerprint density at radius 3 is 2.74 bits per heavy atom. The van der Waals surface area contributed by atoms with Gasteiger partial charge in [-0.2, -0.15) is 13.2 Å². The van der Waals surface area contributed by atoms with Gasteiger partial charge in [0.15, 0.2) is 6.61 Å². The van der Waals surface area contributed by atoms with Crippen LogP contribution in [-0.4, -0.2) is 53.2 Å². The number of ether oxygens (including phenoxy) is 2. The molecule has 1 atom stereocenters. The topological polar surface area (TPSA) is 93.7 Å². The van der Waals surface area contributed by atoms with Crippen LogP contribution in [0.15, 0.2) is 24.5 Å². The third-order valence-electron chi connectivity index (χ3n) is 4.78. The van der Waals surface area contributed by atoms with Crippen molar-refractivity contribution in [2.24, 2.45) is 0 Å². The number of carbonyl (C=O) groups excluding carboxylic acids is 2. The fraction of sp³-hybridized carbons (Fsp3) is 0.400. The van der Waals surface area contributed by atoms with Crippen LogP contribution < -0.4 is 10.1 Å². The second kappa shape index (κ2) is 8.88. The molecule has 0 bridgehead atoms. The molecule has 1 unspecified atom stereocenters. The summed E-state index contributed by atoms with van der Waals surface area (Å²) in [5, 5.41) is 2.63. The number of aryl methyl sites for hydroxylation is 1. The minimum absolute atomic E-state index is 0.114. The van der Waals surface area contributed by atoms with Gasteiger partial charge in [0, 0.05) is 36.2 Å². The molecule has 0 saturated heterocycles. The molecule has 1 aliphatic rings. The number of aromatic nitrogens is 2. The number of hydrogen-bond acceptors (Lipinski definition) is 6. The quantitative estimate of drug-likeness (QED) is 0.714. The van der Waals surface area contributed by atoms with Crippen LogP contribution in [0, 0.1) is 6.92 Å². The second-order valence-corrected chi connectivity index (χ2v) is 7.07. The van der Waals surface area contributed by atoms with Crippen molar-refractivity contribution in [3.8, 4) is 5.88 Å². The van der Waals surface area contributed by atoms with Crippen molar-refractivity contribution in [3.05, 3.63) is 46.8 Å². The van der Waals surface area contributed by atoms with Gasteiger partial charge in [0.1, 0.15) is 12.4 Å². The molecule has 0 spiro atoms. The number of pyridine rings is 2. The molecule has 31 heavy (non-hydrogen) atoms. The molecule has 2 aromatic rings. The number of alkyl halides is 3. The third kappa shape index (κ3) is 5.10. The molecule has 8 nitrogen and oxygen atoms in total. The molecular formula is C20H21F3N4O4. The zero-order chi connectivity index (χ0) is 22.8. The van der Waals surface area contributed by atoms with Gasteiger partial charge in [-0.1, -0.05) is 0 Å². The molecule has 1 aliphatic heterocycles. The molecule has 2 amide bonds. The van der Waals surface area contributed by atoms with Gasteiger partial charge in [-0.3, -0.25) is 9.59 Å². The molecular weight excluding hydrogens is 417 g/mol. The molecule has 0 aromatic carbocycles. The van der Waals surface area contributed by atoms with Crippen LogP contribution in [0.25, 0.3) is 0 Å². The number of halogens is 3. The van der Waals surface area contributed by atoms with E-state index in [0.29, 0.717) is 22.3 Å². The van der Waals surface area contributed by atoms with Crippen LogP contribution in [0.2, 0.25) is 0 Å². The fourth-order valence-electron chi connectivity index (χ4n) is 3.26. The summed E-state index contributed by atoms with van der Waals surface area (Å²) in [6.07, 6.45) is -1.64. The summed E-state index contributed by atoms with van der Waals surface area (Å²) >= 11 is 0. The van der Waals surface area contributed by atoms with Crippen molar-refractivity contribution in [1.82, 2.24) is 14.9 Å². The van der Waals surface area contributed by atoms with Gasteiger partial charge in [0.2, 0.25) is 5.88 Å². The Morgan fingerprint density at radius 2 is 2.10 bits per heavy atom. The summed E-state index contributed by atoms with van der Waals surface area (Å²) in [5.74, 6) is -0.469. The average molecular weight is 438 g/mol. The number of carbonyl (C=O) groups is 2. The largest absolute Gasteiger partial charge is 0.468 e. The highest BCUT2D eigenvalue weighted by atomic mass is 19.4. The lowest BCUT2D eigenvalue weighted by Gasteiger charge is -2.25. The smallest absolute Gasteiger partial charge is 0.422 e. The van der Waals surface area contributed by atoms with Gasteiger partial charge in [-0.05, 0) is 31.5 Å².